The standard InChI is InChI=1S/C4H7I/c1-2-5-3-4-5/h2H,1,3-4H2. The average Bonchev–Trinajstić information content (AvgIpc) is 2.12. The van der Waals surface area contributed by atoms with Crippen LogP contribution in [0.3, 0.4) is 0 Å². The fourth-order valence-corrected chi connectivity index (χ4v) is 2.89. The van der Waals surface area contributed by atoms with Gasteiger partial charge in [0, 0.05) is 0 Å². The quantitative estimate of drug-likeness (QED) is 0.427. The van der Waals surface area contributed by atoms with Crippen molar-refractivity contribution in [2.24, 2.45) is 0 Å². The minimum atomic E-state index is -0.268. The van der Waals surface area contributed by atoms with Gasteiger partial charge in [-0.15, -0.1) is 0 Å². The molecule has 0 nitrogen and oxygen atoms in total. The van der Waals surface area contributed by atoms with E-state index in [1.807, 2.05) is 0 Å². The van der Waals surface area contributed by atoms with Crippen molar-refractivity contribution in [2.45, 2.75) is 0 Å². The predicted octanol–water partition coefficient (Wildman–Crippen LogP) is 1.65. The Bertz CT molecular complexity index is 45.6. The molecule has 1 heterocycles. The van der Waals surface area contributed by atoms with Crippen LogP contribution in [0.15, 0.2) is 10.7 Å². The molecule has 0 N–H and O–H groups in total. The summed E-state index contributed by atoms with van der Waals surface area (Å²) in [6.45, 7) is 3.69. The maximum absolute atomic E-state index is 3.69. The summed E-state index contributed by atoms with van der Waals surface area (Å²) in [4.78, 5) is 0. The molecule has 5 heavy (non-hydrogen) atoms. The first-order valence-corrected chi connectivity index (χ1v) is 5.96. The first-order chi connectivity index (χ1) is 2.43. The molecule has 1 rings (SSSR count). The first kappa shape index (κ1) is 3.65. The molecule has 0 amide bonds. The molecule has 0 unspecified atom stereocenters. The number of hydrogen-bond acceptors (Lipinski definition) is 0. The van der Waals surface area contributed by atoms with Gasteiger partial charge in [-0.1, -0.05) is 0 Å². The molecule has 0 aromatic rings. The molecule has 1 aliphatic heterocycles. The molecular formula is C4H7I. The molecular weight excluding hydrogens is 175 g/mol. The third kappa shape index (κ3) is 0.911. The molecule has 1 fully saturated rings. The van der Waals surface area contributed by atoms with Gasteiger partial charge < -0.3 is 0 Å². The fraction of sp³-hybridized carbons (Fsp3) is 0.500. The van der Waals surface area contributed by atoms with E-state index in [0.29, 0.717) is 0 Å². The average molecular weight is 182 g/mol. The van der Waals surface area contributed by atoms with Crippen LogP contribution < -0.4 is 0 Å². The summed E-state index contributed by atoms with van der Waals surface area (Å²) in [5.74, 6) is 0. The van der Waals surface area contributed by atoms with E-state index in [2.05, 4.69) is 10.7 Å². The zero-order valence-electron chi connectivity index (χ0n) is 3.08. The molecule has 1 aliphatic rings. The Labute approximate surface area is 39.6 Å². The van der Waals surface area contributed by atoms with E-state index >= 15 is 0 Å². The van der Waals surface area contributed by atoms with Gasteiger partial charge in [0.2, 0.25) is 0 Å². The van der Waals surface area contributed by atoms with Crippen LogP contribution in [0.25, 0.3) is 0 Å². The predicted molar refractivity (Wildman–Crippen MR) is 34.0 cm³/mol. The van der Waals surface area contributed by atoms with Crippen molar-refractivity contribution >= 4 is 19.8 Å². The molecule has 0 aliphatic carbocycles. The Morgan fingerprint density at radius 3 is 2.20 bits per heavy atom. The number of halogens is 1. The molecule has 0 atom stereocenters. The molecule has 0 saturated carbocycles. The van der Waals surface area contributed by atoms with Crippen molar-refractivity contribution in [1.29, 1.82) is 0 Å². The van der Waals surface area contributed by atoms with Gasteiger partial charge >= 0.3 is 39.3 Å². The maximum atomic E-state index is 3.69. The van der Waals surface area contributed by atoms with Crippen LogP contribution in [0.5, 0.6) is 0 Å². The molecule has 0 aromatic heterocycles. The molecule has 1 heteroatoms. The molecule has 1 saturated heterocycles. The summed E-state index contributed by atoms with van der Waals surface area (Å²) >= 11 is -0.268. The van der Waals surface area contributed by atoms with E-state index in [4.69, 9.17) is 0 Å². The van der Waals surface area contributed by atoms with Crippen molar-refractivity contribution in [3.63, 3.8) is 0 Å². The summed E-state index contributed by atoms with van der Waals surface area (Å²) in [6, 6.07) is 0. The Morgan fingerprint density at radius 2 is 2.20 bits per heavy atom. The topological polar surface area (TPSA) is 0 Å². The number of rotatable bonds is 1. The van der Waals surface area contributed by atoms with E-state index in [9.17, 15) is 0 Å². The SMILES string of the molecule is C=CI1CC1. The summed E-state index contributed by atoms with van der Waals surface area (Å²) < 4.78 is 5.28. The molecule has 0 bridgehead atoms. The van der Waals surface area contributed by atoms with E-state index in [0.717, 1.165) is 0 Å². The fourth-order valence-electron chi connectivity index (χ4n) is 0.196. The van der Waals surface area contributed by atoms with Gasteiger partial charge in [0.25, 0.3) is 0 Å². The van der Waals surface area contributed by atoms with Gasteiger partial charge in [0.1, 0.15) is 0 Å². The van der Waals surface area contributed by atoms with Crippen molar-refractivity contribution in [1.82, 2.24) is 0 Å². The Balaban J connectivity index is 2.21. The van der Waals surface area contributed by atoms with Crippen molar-refractivity contribution < 1.29 is 0 Å². The Hall–Kier alpha value is 0.470. The third-order valence-corrected chi connectivity index (χ3v) is 4.20. The number of alkyl halides is 2. The number of hydrogen-bond donors (Lipinski definition) is 0. The molecule has 0 spiro atoms. The van der Waals surface area contributed by atoms with Crippen molar-refractivity contribution in [3.8, 4) is 0 Å². The summed E-state index contributed by atoms with van der Waals surface area (Å²) in [5.41, 5.74) is 0. The Morgan fingerprint density at radius 1 is 1.60 bits per heavy atom. The zero-order valence-corrected chi connectivity index (χ0v) is 5.23. The van der Waals surface area contributed by atoms with Crippen LogP contribution in [-0.2, 0) is 0 Å². The summed E-state index contributed by atoms with van der Waals surface area (Å²) in [7, 11) is 0. The molecule has 0 radical (unpaired) electrons. The van der Waals surface area contributed by atoms with Crippen LogP contribution in [0.2, 0.25) is 0 Å². The van der Waals surface area contributed by atoms with Crippen LogP contribution in [-0.4, -0.2) is 8.86 Å². The summed E-state index contributed by atoms with van der Waals surface area (Å²) in [6.07, 6.45) is 0. The van der Waals surface area contributed by atoms with E-state index in [1.165, 1.54) is 0 Å². The normalized spacial score (nSPS) is 26.0. The molecule has 30 valence electrons. The van der Waals surface area contributed by atoms with Gasteiger partial charge in [0.15, 0.2) is 0 Å². The van der Waals surface area contributed by atoms with Crippen molar-refractivity contribution in [2.75, 3.05) is 8.86 Å². The Kier molecular flexibility index (Phi) is 0.939. The zero-order chi connectivity index (χ0) is 3.70. The van der Waals surface area contributed by atoms with Crippen LogP contribution in [0.4, 0.5) is 0 Å². The van der Waals surface area contributed by atoms with E-state index < -0.39 is 0 Å². The van der Waals surface area contributed by atoms with Crippen molar-refractivity contribution in [3.05, 3.63) is 10.7 Å². The van der Waals surface area contributed by atoms with Gasteiger partial charge in [-0.05, 0) is 0 Å². The van der Waals surface area contributed by atoms with Crippen LogP contribution in [0, 0.1) is 0 Å². The van der Waals surface area contributed by atoms with Gasteiger partial charge in [0.05, 0.1) is 0 Å². The van der Waals surface area contributed by atoms with E-state index in [1.54, 1.807) is 8.86 Å². The summed E-state index contributed by atoms with van der Waals surface area (Å²) in [5, 5.41) is 0. The van der Waals surface area contributed by atoms with Gasteiger partial charge in [-0.3, -0.25) is 0 Å². The van der Waals surface area contributed by atoms with Crippen LogP contribution >= 0.6 is 19.8 Å². The van der Waals surface area contributed by atoms with E-state index in [-0.39, 0.29) is 19.8 Å². The van der Waals surface area contributed by atoms with Gasteiger partial charge in [-0.2, -0.15) is 0 Å². The molecule has 0 aromatic carbocycles. The van der Waals surface area contributed by atoms with Gasteiger partial charge in [-0.25, -0.2) is 0 Å². The second-order valence-electron chi connectivity index (χ2n) is 1.03. The third-order valence-electron chi connectivity index (χ3n) is 0.625. The second kappa shape index (κ2) is 1.29. The first-order valence-electron chi connectivity index (χ1n) is 1.66. The monoisotopic (exact) mass is 182 g/mol. The minimum absolute atomic E-state index is 0.268. The second-order valence-corrected chi connectivity index (χ2v) is 6.91. The van der Waals surface area contributed by atoms with Crippen LogP contribution in [0.1, 0.15) is 0 Å².